The smallest absolute Gasteiger partial charge is 0.359 e. The van der Waals surface area contributed by atoms with Gasteiger partial charge in [0.15, 0.2) is 11.8 Å². The largest absolute Gasteiger partial charge is 0.448 e. The molecule has 3 rings (SSSR count). The molecule has 0 saturated carbocycles. The fourth-order valence-electron chi connectivity index (χ4n) is 1.99. The van der Waals surface area contributed by atoms with Crippen molar-refractivity contribution < 1.29 is 14.3 Å². The van der Waals surface area contributed by atoms with E-state index in [2.05, 4.69) is 15.3 Å². The first-order valence-electron chi connectivity index (χ1n) is 7.10. The van der Waals surface area contributed by atoms with Crippen molar-refractivity contribution in [1.29, 1.82) is 0 Å². The van der Waals surface area contributed by atoms with E-state index in [1.165, 1.54) is 13.1 Å². The van der Waals surface area contributed by atoms with Crippen LogP contribution in [-0.2, 0) is 9.53 Å². The van der Waals surface area contributed by atoms with Crippen molar-refractivity contribution in [2.45, 2.75) is 13.0 Å². The highest BCUT2D eigenvalue weighted by Crippen LogP contribution is 2.11. The second-order valence-electron chi connectivity index (χ2n) is 4.99. The second kappa shape index (κ2) is 6.67. The average molecular weight is 345 g/mol. The number of hydrogen-bond acceptors (Lipinski definition) is 5. The van der Waals surface area contributed by atoms with Crippen LogP contribution in [0.4, 0.5) is 5.82 Å². The Balaban J connectivity index is 1.64. The van der Waals surface area contributed by atoms with Gasteiger partial charge >= 0.3 is 5.97 Å². The molecule has 24 heavy (non-hydrogen) atoms. The number of pyridine rings is 2. The Morgan fingerprint density at radius 1 is 1.29 bits per heavy atom. The van der Waals surface area contributed by atoms with Crippen molar-refractivity contribution in [3.05, 3.63) is 59.6 Å². The molecule has 1 atom stereocenters. The van der Waals surface area contributed by atoms with Crippen molar-refractivity contribution in [3.8, 4) is 0 Å². The van der Waals surface area contributed by atoms with Crippen molar-refractivity contribution >= 4 is 34.9 Å². The molecule has 0 fully saturated rings. The highest BCUT2D eigenvalue weighted by molar-refractivity contribution is 6.30. The molecule has 8 heteroatoms. The molecule has 7 nitrogen and oxygen atoms in total. The van der Waals surface area contributed by atoms with Gasteiger partial charge in [-0.1, -0.05) is 17.7 Å². The van der Waals surface area contributed by atoms with Crippen molar-refractivity contribution in [2.24, 2.45) is 0 Å². The highest BCUT2D eigenvalue weighted by atomic mass is 35.5. The van der Waals surface area contributed by atoms with Gasteiger partial charge in [-0.2, -0.15) is 0 Å². The van der Waals surface area contributed by atoms with Gasteiger partial charge < -0.3 is 14.5 Å². The molecule has 0 aliphatic heterocycles. The number of amides is 1. The van der Waals surface area contributed by atoms with Crippen LogP contribution in [0.5, 0.6) is 0 Å². The van der Waals surface area contributed by atoms with Crippen LogP contribution in [0.15, 0.2) is 48.9 Å². The van der Waals surface area contributed by atoms with Crippen LogP contribution in [0, 0.1) is 0 Å². The maximum absolute atomic E-state index is 12.1. The minimum Gasteiger partial charge on any atom is -0.448 e. The molecule has 0 aliphatic carbocycles. The number of aromatic nitrogens is 3. The summed E-state index contributed by atoms with van der Waals surface area (Å²) in [5.74, 6) is -0.854. The summed E-state index contributed by atoms with van der Waals surface area (Å²) in [4.78, 5) is 32.3. The van der Waals surface area contributed by atoms with Crippen LogP contribution in [0.1, 0.15) is 17.4 Å². The number of nitrogens with one attached hydrogen (secondary N) is 1. The van der Waals surface area contributed by atoms with E-state index in [-0.39, 0.29) is 5.69 Å². The Hall–Kier alpha value is -2.93. The Bertz CT molecular complexity index is 859. The van der Waals surface area contributed by atoms with Crippen molar-refractivity contribution in [1.82, 2.24) is 14.4 Å². The third-order valence-corrected chi connectivity index (χ3v) is 3.43. The minimum absolute atomic E-state index is 0.130. The SMILES string of the molecule is C[C@H](OC(=O)c1cn2ccccc2n1)C(=O)Nc1ccc(Cl)cn1. The lowest BCUT2D eigenvalue weighted by Gasteiger charge is -2.12. The highest BCUT2D eigenvalue weighted by Gasteiger charge is 2.21. The van der Waals surface area contributed by atoms with Gasteiger partial charge in [-0.15, -0.1) is 0 Å². The van der Waals surface area contributed by atoms with Crippen LogP contribution in [-0.4, -0.2) is 32.3 Å². The van der Waals surface area contributed by atoms with Gasteiger partial charge in [0, 0.05) is 18.6 Å². The maximum Gasteiger partial charge on any atom is 0.359 e. The molecular weight excluding hydrogens is 332 g/mol. The fraction of sp³-hybridized carbons (Fsp3) is 0.125. The van der Waals surface area contributed by atoms with E-state index in [0.717, 1.165) is 0 Å². The van der Waals surface area contributed by atoms with Gasteiger partial charge in [0.2, 0.25) is 0 Å². The summed E-state index contributed by atoms with van der Waals surface area (Å²) in [5.41, 5.74) is 0.748. The Kier molecular flexibility index (Phi) is 4.43. The normalized spacial score (nSPS) is 11.9. The van der Waals surface area contributed by atoms with Crippen LogP contribution >= 0.6 is 11.6 Å². The number of anilines is 1. The molecule has 3 heterocycles. The number of rotatable bonds is 4. The van der Waals surface area contributed by atoms with Gasteiger partial charge in [0.25, 0.3) is 5.91 Å². The van der Waals surface area contributed by atoms with E-state index in [4.69, 9.17) is 16.3 Å². The lowest BCUT2D eigenvalue weighted by molar-refractivity contribution is -0.123. The van der Waals surface area contributed by atoms with Crippen molar-refractivity contribution in [2.75, 3.05) is 5.32 Å². The maximum atomic E-state index is 12.1. The Labute approximate surface area is 142 Å². The number of esters is 1. The average Bonchev–Trinajstić information content (AvgIpc) is 3.01. The first-order chi connectivity index (χ1) is 11.5. The van der Waals surface area contributed by atoms with E-state index in [9.17, 15) is 9.59 Å². The standard InChI is InChI=1S/C16H13ClN4O3/c1-10(15(22)20-13-6-5-11(17)8-18-13)24-16(23)12-9-21-7-3-2-4-14(21)19-12/h2-10H,1H3,(H,18,20,22)/t10-/m0/s1. The van der Waals surface area contributed by atoms with E-state index in [1.807, 2.05) is 12.1 Å². The molecule has 0 saturated heterocycles. The Morgan fingerprint density at radius 3 is 2.83 bits per heavy atom. The third-order valence-electron chi connectivity index (χ3n) is 3.20. The van der Waals surface area contributed by atoms with Crippen LogP contribution < -0.4 is 5.32 Å². The Morgan fingerprint density at radius 2 is 2.12 bits per heavy atom. The van der Waals surface area contributed by atoms with Gasteiger partial charge in [-0.05, 0) is 31.2 Å². The summed E-state index contributed by atoms with van der Waals surface area (Å²) >= 11 is 5.73. The molecule has 3 aromatic heterocycles. The topological polar surface area (TPSA) is 85.6 Å². The van der Waals surface area contributed by atoms with E-state index in [0.29, 0.717) is 16.5 Å². The summed E-state index contributed by atoms with van der Waals surface area (Å²) in [6.45, 7) is 1.47. The molecule has 0 radical (unpaired) electrons. The third kappa shape index (κ3) is 3.52. The number of carbonyl (C=O) groups excluding carboxylic acids is 2. The second-order valence-corrected chi connectivity index (χ2v) is 5.43. The molecular formula is C16H13ClN4O3. The number of hydrogen-bond donors (Lipinski definition) is 1. The number of ether oxygens (including phenoxy) is 1. The molecule has 0 aromatic carbocycles. The summed E-state index contributed by atoms with van der Waals surface area (Å²) in [5, 5.41) is 3.00. The number of imidazole rings is 1. The molecule has 0 bridgehead atoms. The molecule has 122 valence electrons. The summed E-state index contributed by atoms with van der Waals surface area (Å²) in [6, 6.07) is 8.54. The molecule has 0 unspecified atom stereocenters. The van der Waals surface area contributed by atoms with Crippen LogP contribution in [0.3, 0.4) is 0 Å². The minimum atomic E-state index is -1.00. The number of fused-ring (bicyclic) bond motifs is 1. The van der Waals surface area contributed by atoms with Gasteiger partial charge in [0.05, 0.1) is 5.02 Å². The molecule has 1 amide bonds. The van der Waals surface area contributed by atoms with Gasteiger partial charge in [-0.25, -0.2) is 14.8 Å². The predicted molar refractivity (Wildman–Crippen MR) is 87.9 cm³/mol. The van der Waals surface area contributed by atoms with Crippen molar-refractivity contribution in [3.63, 3.8) is 0 Å². The summed E-state index contributed by atoms with van der Waals surface area (Å²) in [6.07, 6.45) is 3.72. The molecule has 0 spiro atoms. The predicted octanol–water partition coefficient (Wildman–Crippen LogP) is 2.57. The first-order valence-corrected chi connectivity index (χ1v) is 7.48. The lowest BCUT2D eigenvalue weighted by Crippen LogP contribution is -2.30. The number of halogens is 1. The molecule has 0 aliphatic rings. The first kappa shape index (κ1) is 15.9. The lowest BCUT2D eigenvalue weighted by atomic mass is 10.3. The molecule has 1 N–H and O–H groups in total. The zero-order valence-corrected chi connectivity index (χ0v) is 13.4. The van der Waals surface area contributed by atoms with Crippen LogP contribution in [0.25, 0.3) is 5.65 Å². The van der Waals surface area contributed by atoms with E-state index < -0.39 is 18.0 Å². The zero-order chi connectivity index (χ0) is 17.1. The van der Waals surface area contributed by atoms with Crippen LogP contribution in [0.2, 0.25) is 5.02 Å². The van der Waals surface area contributed by atoms with E-state index >= 15 is 0 Å². The summed E-state index contributed by atoms with van der Waals surface area (Å²) < 4.78 is 6.84. The molecule has 3 aromatic rings. The van der Waals surface area contributed by atoms with Gasteiger partial charge in [0.1, 0.15) is 11.5 Å². The quantitative estimate of drug-likeness (QED) is 0.735. The monoisotopic (exact) mass is 344 g/mol. The van der Waals surface area contributed by atoms with Gasteiger partial charge in [-0.3, -0.25) is 4.79 Å². The fourth-order valence-corrected chi connectivity index (χ4v) is 2.10. The number of nitrogens with zero attached hydrogens (tertiary/aromatic N) is 3. The van der Waals surface area contributed by atoms with E-state index in [1.54, 1.807) is 35.0 Å². The zero-order valence-electron chi connectivity index (χ0n) is 12.6. The summed E-state index contributed by atoms with van der Waals surface area (Å²) in [7, 11) is 0. The number of carbonyl (C=O) groups is 2.